The molecule has 0 bridgehead atoms. The Bertz CT molecular complexity index is 656. The lowest BCUT2D eigenvalue weighted by Gasteiger charge is -2.16. The van der Waals surface area contributed by atoms with Crippen LogP contribution in [0.3, 0.4) is 0 Å². The molecule has 2 aromatic rings. The van der Waals surface area contributed by atoms with Crippen LogP contribution in [-0.4, -0.2) is 49.3 Å². The van der Waals surface area contributed by atoms with Gasteiger partial charge in [-0.2, -0.15) is 5.10 Å². The lowest BCUT2D eigenvalue weighted by molar-refractivity contribution is 0.0693. The zero-order chi connectivity index (χ0) is 15.4. The number of hydrogen-bond acceptors (Lipinski definition) is 5. The Morgan fingerprint density at radius 2 is 2.19 bits per heavy atom. The third-order valence-corrected chi connectivity index (χ3v) is 2.68. The molecule has 0 saturated carbocycles. The summed E-state index contributed by atoms with van der Waals surface area (Å²) in [4.78, 5) is 28.1. The minimum atomic E-state index is -1.28. The molecule has 1 aromatic carbocycles. The van der Waals surface area contributed by atoms with Gasteiger partial charge in [0.1, 0.15) is 23.5 Å². The summed E-state index contributed by atoms with van der Waals surface area (Å²) >= 11 is 0. The van der Waals surface area contributed by atoms with Gasteiger partial charge in [0.2, 0.25) is 0 Å². The normalized spacial score (nSPS) is 10.1. The molecule has 2 rings (SSSR count). The number of carbonyl (C=O) groups is 2. The smallest absolute Gasteiger partial charge is 0.339 e. The SMILES string of the molecule is CN(Cc1ncn[nH]1)C(=O)Nc1ccc(O)c(C(=O)O)c1. The summed E-state index contributed by atoms with van der Waals surface area (Å²) in [5.74, 6) is -1.13. The first-order chi connectivity index (χ1) is 9.97. The van der Waals surface area contributed by atoms with Crippen molar-refractivity contribution in [2.45, 2.75) is 6.54 Å². The van der Waals surface area contributed by atoms with Crippen LogP contribution in [0.5, 0.6) is 5.75 Å². The number of aromatic carboxylic acids is 1. The number of rotatable bonds is 4. The summed E-state index contributed by atoms with van der Waals surface area (Å²) in [6.45, 7) is 0.218. The van der Waals surface area contributed by atoms with E-state index in [9.17, 15) is 14.7 Å². The maximum absolute atomic E-state index is 11.9. The molecule has 0 aliphatic carbocycles. The summed E-state index contributed by atoms with van der Waals surface area (Å²) in [6.07, 6.45) is 1.33. The van der Waals surface area contributed by atoms with Gasteiger partial charge in [-0.3, -0.25) is 5.10 Å². The van der Waals surface area contributed by atoms with Crippen molar-refractivity contribution < 1.29 is 19.8 Å². The fourth-order valence-corrected chi connectivity index (χ4v) is 1.61. The summed E-state index contributed by atoms with van der Waals surface area (Å²) in [7, 11) is 1.55. The first kappa shape index (κ1) is 14.3. The number of anilines is 1. The molecule has 2 amide bonds. The molecule has 21 heavy (non-hydrogen) atoms. The van der Waals surface area contributed by atoms with Gasteiger partial charge in [-0.05, 0) is 18.2 Å². The highest BCUT2D eigenvalue weighted by molar-refractivity contribution is 5.95. The van der Waals surface area contributed by atoms with E-state index in [1.54, 1.807) is 7.05 Å². The van der Waals surface area contributed by atoms with Crippen LogP contribution in [-0.2, 0) is 6.54 Å². The number of H-pyrrole nitrogens is 1. The van der Waals surface area contributed by atoms with Crippen molar-refractivity contribution in [2.24, 2.45) is 0 Å². The summed E-state index contributed by atoms with van der Waals surface area (Å²) in [6, 6.07) is 3.34. The Labute approximate surface area is 119 Å². The topological polar surface area (TPSA) is 131 Å². The number of hydrogen-bond donors (Lipinski definition) is 4. The number of carboxylic acid groups (broad SMARTS) is 1. The lowest BCUT2D eigenvalue weighted by atomic mass is 10.2. The Morgan fingerprint density at radius 1 is 1.43 bits per heavy atom. The zero-order valence-corrected chi connectivity index (χ0v) is 11.1. The second-order valence-electron chi connectivity index (χ2n) is 4.26. The lowest BCUT2D eigenvalue weighted by Crippen LogP contribution is -2.31. The first-order valence-corrected chi connectivity index (χ1v) is 5.90. The third-order valence-electron chi connectivity index (χ3n) is 2.68. The number of nitrogens with one attached hydrogen (secondary N) is 2. The number of benzene rings is 1. The highest BCUT2D eigenvalue weighted by Gasteiger charge is 2.14. The molecule has 9 heteroatoms. The number of aromatic nitrogens is 3. The van der Waals surface area contributed by atoms with E-state index in [0.29, 0.717) is 5.82 Å². The highest BCUT2D eigenvalue weighted by atomic mass is 16.4. The molecule has 0 unspecified atom stereocenters. The largest absolute Gasteiger partial charge is 0.507 e. The number of aromatic amines is 1. The molecule has 0 radical (unpaired) electrons. The van der Waals surface area contributed by atoms with Crippen molar-refractivity contribution in [3.05, 3.63) is 35.9 Å². The Hall–Kier alpha value is -3.10. The van der Waals surface area contributed by atoms with Crippen molar-refractivity contribution in [1.29, 1.82) is 0 Å². The minimum Gasteiger partial charge on any atom is -0.507 e. The van der Waals surface area contributed by atoms with Crippen LogP contribution < -0.4 is 5.32 Å². The maximum Gasteiger partial charge on any atom is 0.339 e. The van der Waals surface area contributed by atoms with E-state index in [2.05, 4.69) is 20.5 Å². The second-order valence-corrected chi connectivity index (χ2v) is 4.26. The van der Waals surface area contributed by atoms with Gasteiger partial charge in [0.05, 0.1) is 6.54 Å². The van der Waals surface area contributed by atoms with E-state index >= 15 is 0 Å². The number of carboxylic acids is 1. The number of phenols is 1. The standard InChI is InChI=1S/C12H13N5O4/c1-17(5-10-13-6-14-16-10)12(21)15-7-2-3-9(18)8(4-7)11(19)20/h2-4,6,18H,5H2,1H3,(H,15,21)(H,19,20)(H,13,14,16). The van der Waals surface area contributed by atoms with Gasteiger partial charge >= 0.3 is 12.0 Å². The van der Waals surface area contributed by atoms with Gasteiger partial charge in [-0.1, -0.05) is 0 Å². The first-order valence-electron chi connectivity index (χ1n) is 5.90. The average Bonchev–Trinajstić information content (AvgIpc) is 2.93. The fraction of sp³-hybridized carbons (Fsp3) is 0.167. The van der Waals surface area contributed by atoms with E-state index in [1.807, 2.05) is 0 Å². The summed E-state index contributed by atoms with van der Waals surface area (Å²) in [5.41, 5.74) is -0.0229. The van der Waals surface area contributed by atoms with E-state index in [4.69, 9.17) is 5.11 Å². The molecule has 0 fully saturated rings. The highest BCUT2D eigenvalue weighted by Crippen LogP contribution is 2.21. The molecule has 110 valence electrons. The molecular weight excluding hydrogens is 278 g/mol. The van der Waals surface area contributed by atoms with Crippen LogP contribution >= 0.6 is 0 Å². The van der Waals surface area contributed by atoms with Gasteiger partial charge in [0.15, 0.2) is 0 Å². The second kappa shape index (κ2) is 5.90. The quantitative estimate of drug-likeness (QED) is 0.618. The molecule has 0 saturated heterocycles. The van der Waals surface area contributed by atoms with Crippen LogP contribution in [0.4, 0.5) is 10.5 Å². The van der Waals surface area contributed by atoms with E-state index in [0.717, 1.165) is 0 Å². The Balaban J connectivity index is 2.05. The van der Waals surface area contributed by atoms with Gasteiger partial charge in [-0.25, -0.2) is 14.6 Å². The van der Waals surface area contributed by atoms with Crippen molar-refractivity contribution in [3.63, 3.8) is 0 Å². The van der Waals surface area contributed by atoms with Crippen LogP contribution in [0.1, 0.15) is 16.2 Å². The molecule has 9 nitrogen and oxygen atoms in total. The van der Waals surface area contributed by atoms with Crippen molar-refractivity contribution in [3.8, 4) is 5.75 Å². The Morgan fingerprint density at radius 3 is 2.81 bits per heavy atom. The van der Waals surface area contributed by atoms with Gasteiger partial charge in [0, 0.05) is 12.7 Å². The molecule has 0 aliphatic heterocycles. The number of amides is 2. The van der Waals surface area contributed by atoms with Gasteiger partial charge in [0.25, 0.3) is 0 Å². The molecule has 0 atom stereocenters. The number of carbonyl (C=O) groups excluding carboxylic acids is 1. The van der Waals surface area contributed by atoms with Gasteiger partial charge in [-0.15, -0.1) is 0 Å². The molecule has 0 spiro atoms. The maximum atomic E-state index is 11.9. The molecule has 0 aliphatic rings. The zero-order valence-electron chi connectivity index (χ0n) is 11.1. The number of aromatic hydroxyl groups is 1. The van der Waals surface area contributed by atoms with Crippen LogP contribution in [0.25, 0.3) is 0 Å². The van der Waals surface area contributed by atoms with Crippen LogP contribution in [0, 0.1) is 0 Å². The van der Waals surface area contributed by atoms with Crippen LogP contribution in [0.15, 0.2) is 24.5 Å². The predicted molar refractivity (Wildman–Crippen MR) is 71.9 cm³/mol. The van der Waals surface area contributed by atoms with Crippen molar-refractivity contribution in [1.82, 2.24) is 20.1 Å². The monoisotopic (exact) mass is 291 g/mol. The van der Waals surface area contributed by atoms with Crippen molar-refractivity contribution in [2.75, 3.05) is 12.4 Å². The third kappa shape index (κ3) is 3.47. The van der Waals surface area contributed by atoms with E-state index < -0.39 is 12.0 Å². The number of nitrogens with zero attached hydrogens (tertiary/aromatic N) is 3. The average molecular weight is 291 g/mol. The number of urea groups is 1. The molecular formula is C12H13N5O4. The van der Waals surface area contributed by atoms with E-state index in [-0.39, 0.29) is 23.5 Å². The molecule has 1 heterocycles. The Kier molecular flexibility index (Phi) is 4.02. The summed E-state index contributed by atoms with van der Waals surface area (Å²) in [5, 5.41) is 27.1. The van der Waals surface area contributed by atoms with Crippen LogP contribution in [0.2, 0.25) is 0 Å². The predicted octanol–water partition coefficient (Wildman–Crippen LogP) is 0.872. The molecule has 1 aromatic heterocycles. The van der Waals surface area contributed by atoms with E-state index in [1.165, 1.54) is 29.4 Å². The minimum absolute atomic E-state index is 0.218. The summed E-state index contributed by atoms with van der Waals surface area (Å²) < 4.78 is 0. The fourth-order valence-electron chi connectivity index (χ4n) is 1.61. The molecule has 4 N–H and O–H groups in total. The van der Waals surface area contributed by atoms with Gasteiger partial charge < -0.3 is 20.4 Å². The van der Waals surface area contributed by atoms with Crippen molar-refractivity contribution >= 4 is 17.7 Å².